The van der Waals surface area contributed by atoms with Crippen molar-refractivity contribution in [2.75, 3.05) is 26.2 Å². The smallest absolute Gasteiger partial charge is 0.246 e. The average Bonchev–Trinajstić information content (AvgIpc) is 2.04. The van der Waals surface area contributed by atoms with Crippen LogP contribution in [-0.4, -0.2) is 38.3 Å². The highest BCUT2D eigenvalue weighted by Gasteiger charge is 2.16. The maximum atomic E-state index is 10.6. The molecule has 1 fully saturated rings. The van der Waals surface area contributed by atoms with Crippen molar-refractivity contribution in [3.8, 4) is 0 Å². The van der Waals surface area contributed by atoms with Gasteiger partial charge in [0.25, 0.3) is 0 Å². The molecule has 64 valence electrons. The van der Waals surface area contributed by atoms with E-state index >= 15 is 0 Å². The van der Waals surface area contributed by atoms with Gasteiger partial charge in [-0.05, 0) is 6.54 Å². The highest BCUT2D eigenvalue weighted by molar-refractivity contribution is 5.77. The van der Waals surface area contributed by atoms with Gasteiger partial charge in [0, 0.05) is 13.1 Å². The van der Waals surface area contributed by atoms with E-state index in [1.165, 1.54) is 0 Å². The molecule has 1 atom stereocenters. The van der Waals surface area contributed by atoms with Gasteiger partial charge in [-0.15, -0.1) is 0 Å². The molecule has 0 aliphatic carbocycles. The predicted octanol–water partition coefficient (Wildman–Crippen LogP) is -0.889. The molecule has 0 aromatic carbocycles. The largest absolute Gasteiger partial charge is 0.365 e. The van der Waals surface area contributed by atoms with Gasteiger partial charge in [-0.1, -0.05) is 6.92 Å². The Labute approximate surface area is 66.3 Å². The first kappa shape index (κ1) is 8.49. The number of morpholine rings is 1. The normalized spacial score (nSPS) is 24.8. The number of amides is 1. The molecule has 4 heteroatoms. The number of likely N-dealkylation sites (N-methyl/N-ethyl adjacent to an activating group) is 1. The third-order valence-corrected chi connectivity index (χ3v) is 1.60. The molecule has 1 rings (SSSR count). The standard InChI is InChI=1S/C7H14N2O2/c1-2-8-3-6-4-9-7(10)5-11-6/h6,8H,2-5H2,1H3,(H,9,10). The maximum absolute atomic E-state index is 10.6. The van der Waals surface area contributed by atoms with Gasteiger partial charge in [0.15, 0.2) is 0 Å². The second kappa shape index (κ2) is 4.31. The van der Waals surface area contributed by atoms with Crippen LogP contribution in [0.25, 0.3) is 0 Å². The van der Waals surface area contributed by atoms with Crippen molar-refractivity contribution in [1.82, 2.24) is 10.6 Å². The lowest BCUT2D eigenvalue weighted by Gasteiger charge is -2.22. The Hall–Kier alpha value is -0.610. The first-order valence-corrected chi connectivity index (χ1v) is 3.92. The highest BCUT2D eigenvalue weighted by atomic mass is 16.5. The van der Waals surface area contributed by atoms with Crippen LogP contribution in [0.5, 0.6) is 0 Å². The number of carbonyl (C=O) groups excluding carboxylic acids is 1. The van der Waals surface area contributed by atoms with Gasteiger partial charge < -0.3 is 15.4 Å². The van der Waals surface area contributed by atoms with E-state index in [0.717, 1.165) is 13.1 Å². The molecule has 1 aliphatic rings. The summed E-state index contributed by atoms with van der Waals surface area (Å²) in [6.07, 6.45) is 0.146. The van der Waals surface area contributed by atoms with E-state index in [2.05, 4.69) is 10.6 Å². The predicted molar refractivity (Wildman–Crippen MR) is 41.3 cm³/mol. The Morgan fingerprint density at radius 3 is 3.18 bits per heavy atom. The van der Waals surface area contributed by atoms with Gasteiger partial charge in [0.2, 0.25) is 5.91 Å². The molecular weight excluding hydrogens is 144 g/mol. The van der Waals surface area contributed by atoms with Crippen molar-refractivity contribution in [3.05, 3.63) is 0 Å². The summed E-state index contributed by atoms with van der Waals surface area (Å²) in [6, 6.07) is 0. The molecule has 0 radical (unpaired) electrons. The average molecular weight is 158 g/mol. The quantitative estimate of drug-likeness (QED) is 0.560. The van der Waals surface area contributed by atoms with Crippen LogP contribution >= 0.6 is 0 Å². The number of nitrogens with one attached hydrogen (secondary N) is 2. The number of rotatable bonds is 3. The molecule has 11 heavy (non-hydrogen) atoms. The third kappa shape index (κ3) is 2.86. The Morgan fingerprint density at radius 2 is 2.64 bits per heavy atom. The molecule has 0 aromatic heterocycles. The molecule has 0 aromatic rings. The summed E-state index contributed by atoms with van der Waals surface area (Å²) >= 11 is 0. The van der Waals surface area contributed by atoms with Crippen molar-refractivity contribution >= 4 is 5.91 Å². The van der Waals surface area contributed by atoms with E-state index in [9.17, 15) is 4.79 Å². The molecule has 0 spiro atoms. The molecule has 0 saturated carbocycles. The van der Waals surface area contributed by atoms with Gasteiger partial charge in [-0.3, -0.25) is 4.79 Å². The van der Waals surface area contributed by atoms with Gasteiger partial charge >= 0.3 is 0 Å². The fourth-order valence-electron chi connectivity index (χ4n) is 0.968. The van der Waals surface area contributed by atoms with Crippen molar-refractivity contribution in [2.45, 2.75) is 13.0 Å². The van der Waals surface area contributed by atoms with Crippen LogP contribution in [0.4, 0.5) is 0 Å². The number of carbonyl (C=O) groups is 1. The van der Waals surface area contributed by atoms with Crippen molar-refractivity contribution in [1.29, 1.82) is 0 Å². The molecule has 1 amide bonds. The van der Waals surface area contributed by atoms with Crippen LogP contribution in [0.15, 0.2) is 0 Å². The highest BCUT2D eigenvalue weighted by Crippen LogP contribution is 1.94. The molecule has 2 N–H and O–H groups in total. The zero-order valence-corrected chi connectivity index (χ0v) is 6.72. The zero-order valence-electron chi connectivity index (χ0n) is 6.72. The molecular formula is C7H14N2O2. The van der Waals surface area contributed by atoms with E-state index in [4.69, 9.17) is 4.74 Å². The summed E-state index contributed by atoms with van der Waals surface area (Å²) < 4.78 is 5.22. The van der Waals surface area contributed by atoms with Crippen LogP contribution in [0.2, 0.25) is 0 Å². The minimum Gasteiger partial charge on any atom is -0.365 e. The molecule has 1 aliphatic heterocycles. The Kier molecular flexibility index (Phi) is 3.32. The second-order valence-corrected chi connectivity index (χ2v) is 2.54. The molecule has 4 nitrogen and oxygen atoms in total. The Bertz CT molecular complexity index is 128. The minimum atomic E-state index is -0.0160. The van der Waals surface area contributed by atoms with Crippen LogP contribution in [0.3, 0.4) is 0 Å². The molecule has 0 bridgehead atoms. The van der Waals surface area contributed by atoms with E-state index in [1.807, 2.05) is 6.92 Å². The Morgan fingerprint density at radius 1 is 1.82 bits per heavy atom. The van der Waals surface area contributed by atoms with Crippen molar-refractivity contribution in [3.63, 3.8) is 0 Å². The van der Waals surface area contributed by atoms with Crippen molar-refractivity contribution in [2.24, 2.45) is 0 Å². The van der Waals surface area contributed by atoms with E-state index in [0.29, 0.717) is 6.54 Å². The third-order valence-electron chi connectivity index (χ3n) is 1.60. The van der Waals surface area contributed by atoms with Crippen LogP contribution < -0.4 is 10.6 Å². The lowest BCUT2D eigenvalue weighted by molar-refractivity contribution is -0.132. The van der Waals surface area contributed by atoms with E-state index in [-0.39, 0.29) is 18.6 Å². The van der Waals surface area contributed by atoms with Crippen molar-refractivity contribution < 1.29 is 9.53 Å². The summed E-state index contributed by atoms with van der Waals surface area (Å²) in [5.74, 6) is -0.0160. The van der Waals surface area contributed by atoms with Gasteiger partial charge in [0.05, 0.1) is 6.10 Å². The summed E-state index contributed by atoms with van der Waals surface area (Å²) in [6.45, 7) is 4.63. The summed E-state index contributed by atoms with van der Waals surface area (Å²) in [5.41, 5.74) is 0. The fourth-order valence-corrected chi connectivity index (χ4v) is 0.968. The van der Waals surface area contributed by atoms with E-state index in [1.54, 1.807) is 0 Å². The molecule has 1 unspecified atom stereocenters. The topological polar surface area (TPSA) is 50.4 Å². The van der Waals surface area contributed by atoms with Gasteiger partial charge in [-0.2, -0.15) is 0 Å². The van der Waals surface area contributed by atoms with Gasteiger partial charge in [0.1, 0.15) is 6.61 Å². The van der Waals surface area contributed by atoms with Crippen LogP contribution in [-0.2, 0) is 9.53 Å². The first-order chi connectivity index (χ1) is 5.33. The SMILES string of the molecule is CCNCC1CNC(=O)CO1. The number of ether oxygens (including phenoxy) is 1. The lowest BCUT2D eigenvalue weighted by Crippen LogP contribution is -2.47. The minimum absolute atomic E-state index is 0.0160. The summed E-state index contributed by atoms with van der Waals surface area (Å²) in [7, 11) is 0. The first-order valence-electron chi connectivity index (χ1n) is 3.92. The summed E-state index contributed by atoms with van der Waals surface area (Å²) in [4.78, 5) is 10.6. The maximum Gasteiger partial charge on any atom is 0.246 e. The zero-order chi connectivity index (χ0) is 8.10. The van der Waals surface area contributed by atoms with Gasteiger partial charge in [-0.25, -0.2) is 0 Å². The molecule has 1 heterocycles. The van der Waals surface area contributed by atoms with Crippen LogP contribution in [0.1, 0.15) is 6.92 Å². The fraction of sp³-hybridized carbons (Fsp3) is 0.857. The monoisotopic (exact) mass is 158 g/mol. The lowest BCUT2D eigenvalue weighted by atomic mass is 10.3. The van der Waals surface area contributed by atoms with E-state index < -0.39 is 0 Å². The second-order valence-electron chi connectivity index (χ2n) is 2.54. The molecule has 1 saturated heterocycles. The van der Waals surface area contributed by atoms with Crippen LogP contribution in [0, 0.1) is 0 Å². The Balaban J connectivity index is 2.12. The number of hydrogen-bond acceptors (Lipinski definition) is 3. The summed E-state index contributed by atoms with van der Waals surface area (Å²) in [5, 5.41) is 5.89. The number of hydrogen-bond donors (Lipinski definition) is 2.